The maximum Gasteiger partial charge on any atom is 0.115 e. The fourth-order valence-electron chi connectivity index (χ4n) is 2.44. The quantitative estimate of drug-likeness (QED) is 0.824. The van der Waals surface area contributed by atoms with Crippen LogP contribution in [-0.4, -0.2) is 29.1 Å². The number of hydrogen-bond donors (Lipinski definition) is 2. The third-order valence-electron chi connectivity index (χ3n) is 3.97. The van der Waals surface area contributed by atoms with Gasteiger partial charge in [0.1, 0.15) is 5.75 Å². The predicted molar refractivity (Wildman–Crippen MR) is 69.9 cm³/mol. The Morgan fingerprint density at radius 3 is 2.59 bits per heavy atom. The molecule has 1 aliphatic rings. The minimum Gasteiger partial charge on any atom is -0.508 e. The van der Waals surface area contributed by atoms with Crippen LogP contribution in [0.2, 0.25) is 0 Å². The lowest BCUT2D eigenvalue weighted by Crippen LogP contribution is -2.48. The first kappa shape index (κ1) is 12.4. The summed E-state index contributed by atoms with van der Waals surface area (Å²) in [4.78, 5) is 2.43. The number of nitrogens with zero attached hydrogens (tertiary/aromatic N) is 1. The molecule has 1 aliphatic heterocycles. The van der Waals surface area contributed by atoms with E-state index in [-0.39, 0.29) is 6.04 Å². The van der Waals surface area contributed by atoms with Crippen molar-refractivity contribution in [2.24, 2.45) is 11.7 Å². The van der Waals surface area contributed by atoms with Gasteiger partial charge in [0.05, 0.1) is 0 Å². The van der Waals surface area contributed by atoms with Crippen LogP contribution in [0.4, 0.5) is 0 Å². The van der Waals surface area contributed by atoms with Gasteiger partial charge in [0, 0.05) is 18.6 Å². The monoisotopic (exact) mass is 234 g/mol. The zero-order chi connectivity index (χ0) is 12.4. The number of aromatic hydroxyl groups is 1. The van der Waals surface area contributed by atoms with Crippen molar-refractivity contribution in [3.05, 3.63) is 29.8 Å². The number of phenols is 1. The van der Waals surface area contributed by atoms with Crippen LogP contribution in [0.3, 0.4) is 0 Å². The normalized spacial score (nSPS) is 27.9. The van der Waals surface area contributed by atoms with E-state index in [1.54, 1.807) is 12.1 Å². The predicted octanol–water partition coefficient (Wildman–Crippen LogP) is 2.12. The van der Waals surface area contributed by atoms with Gasteiger partial charge in [-0.3, -0.25) is 4.90 Å². The fraction of sp³-hybridized carbons (Fsp3) is 0.571. The molecule has 0 radical (unpaired) electrons. The Labute approximate surface area is 103 Å². The Kier molecular flexibility index (Phi) is 3.69. The summed E-state index contributed by atoms with van der Waals surface area (Å²) in [5.41, 5.74) is 7.37. The average molecular weight is 234 g/mol. The van der Waals surface area contributed by atoms with E-state index < -0.39 is 0 Å². The van der Waals surface area contributed by atoms with E-state index in [4.69, 9.17) is 5.73 Å². The van der Waals surface area contributed by atoms with Gasteiger partial charge in [-0.25, -0.2) is 0 Å². The summed E-state index contributed by atoms with van der Waals surface area (Å²) in [6.45, 7) is 6.50. The van der Waals surface area contributed by atoms with Gasteiger partial charge in [-0.1, -0.05) is 19.1 Å². The number of hydrogen-bond acceptors (Lipinski definition) is 3. The third-order valence-corrected chi connectivity index (χ3v) is 3.97. The van der Waals surface area contributed by atoms with Crippen molar-refractivity contribution in [2.45, 2.75) is 32.4 Å². The maximum absolute atomic E-state index is 9.29. The van der Waals surface area contributed by atoms with Crippen molar-refractivity contribution in [2.75, 3.05) is 13.1 Å². The van der Waals surface area contributed by atoms with E-state index in [0.717, 1.165) is 13.1 Å². The molecule has 0 bridgehead atoms. The topological polar surface area (TPSA) is 49.5 Å². The molecule has 0 spiro atoms. The summed E-state index contributed by atoms with van der Waals surface area (Å²) in [6.07, 6.45) is 1.17. The minimum absolute atomic E-state index is 0.281. The lowest BCUT2D eigenvalue weighted by Gasteiger charge is -2.38. The van der Waals surface area contributed by atoms with Gasteiger partial charge in [0.25, 0.3) is 0 Å². The molecular weight excluding hydrogens is 212 g/mol. The molecule has 0 aliphatic carbocycles. The molecule has 3 N–H and O–H groups in total. The van der Waals surface area contributed by atoms with Crippen LogP contribution >= 0.6 is 0 Å². The Morgan fingerprint density at radius 2 is 2.00 bits per heavy atom. The summed E-state index contributed by atoms with van der Waals surface area (Å²) in [5, 5.41) is 9.29. The summed E-state index contributed by atoms with van der Waals surface area (Å²) in [6, 6.07) is 8.13. The summed E-state index contributed by atoms with van der Waals surface area (Å²) in [7, 11) is 0. The van der Waals surface area contributed by atoms with Crippen molar-refractivity contribution in [3.63, 3.8) is 0 Å². The number of benzene rings is 1. The minimum atomic E-state index is 0.281. The molecule has 94 valence electrons. The highest BCUT2D eigenvalue weighted by atomic mass is 16.3. The highest BCUT2D eigenvalue weighted by molar-refractivity contribution is 5.27. The zero-order valence-electron chi connectivity index (χ0n) is 10.6. The van der Waals surface area contributed by atoms with Gasteiger partial charge in [-0.15, -0.1) is 0 Å². The van der Waals surface area contributed by atoms with Gasteiger partial charge < -0.3 is 10.8 Å². The Bertz CT molecular complexity index is 363. The van der Waals surface area contributed by atoms with Crippen molar-refractivity contribution in [1.29, 1.82) is 0 Å². The molecule has 1 aromatic rings. The highest BCUT2D eigenvalue weighted by Crippen LogP contribution is 2.26. The molecule has 1 saturated heterocycles. The second kappa shape index (κ2) is 5.07. The second-order valence-corrected chi connectivity index (χ2v) is 5.19. The van der Waals surface area contributed by atoms with E-state index >= 15 is 0 Å². The SMILES string of the molecule is CC1CCN(C(C)c2ccc(O)cc2)CC1N. The van der Waals surface area contributed by atoms with Gasteiger partial charge in [-0.2, -0.15) is 0 Å². The Balaban J connectivity index is 2.05. The Hall–Kier alpha value is -1.06. The smallest absolute Gasteiger partial charge is 0.115 e. The van der Waals surface area contributed by atoms with E-state index in [1.165, 1.54) is 12.0 Å². The van der Waals surface area contributed by atoms with E-state index in [0.29, 0.717) is 17.7 Å². The van der Waals surface area contributed by atoms with E-state index in [9.17, 15) is 5.11 Å². The van der Waals surface area contributed by atoms with Crippen molar-refractivity contribution in [1.82, 2.24) is 4.90 Å². The van der Waals surface area contributed by atoms with Crippen LogP contribution in [0.5, 0.6) is 5.75 Å². The van der Waals surface area contributed by atoms with Crippen LogP contribution in [0.15, 0.2) is 24.3 Å². The van der Waals surface area contributed by atoms with Gasteiger partial charge in [0.2, 0.25) is 0 Å². The molecule has 1 aromatic carbocycles. The number of rotatable bonds is 2. The lowest BCUT2D eigenvalue weighted by molar-refractivity contribution is 0.128. The number of likely N-dealkylation sites (tertiary alicyclic amines) is 1. The molecule has 1 heterocycles. The molecule has 3 unspecified atom stereocenters. The van der Waals surface area contributed by atoms with Crippen LogP contribution in [0, 0.1) is 5.92 Å². The second-order valence-electron chi connectivity index (χ2n) is 5.19. The standard InChI is InChI=1S/C14H22N2O/c1-10-7-8-16(9-14(10)15)11(2)12-3-5-13(17)6-4-12/h3-6,10-11,14,17H,7-9,15H2,1-2H3. The van der Waals surface area contributed by atoms with Crippen molar-refractivity contribution in [3.8, 4) is 5.75 Å². The number of piperidine rings is 1. The first-order chi connectivity index (χ1) is 8.08. The molecule has 2 rings (SSSR count). The van der Waals surface area contributed by atoms with E-state index in [2.05, 4.69) is 18.7 Å². The summed E-state index contributed by atoms with van der Waals surface area (Å²) < 4.78 is 0. The highest BCUT2D eigenvalue weighted by Gasteiger charge is 2.26. The summed E-state index contributed by atoms with van der Waals surface area (Å²) >= 11 is 0. The molecule has 17 heavy (non-hydrogen) atoms. The van der Waals surface area contributed by atoms with Gasteiger partial charge in [-0.05, 0) is 43.5 Å². The van der Waals surface area contributed by atoms with Crippen LogP contribution < -0.4 is 5.73 Å². The first-order valence-electron chi connectivity index (χ1n) is 6.36. The van der Waals surface area contributed by atoms with Gasteiger partial charge >= 0.3 is 0 Å². The number of nitrogens with two attached hydrogens (primary N) is 1. The molecule has 0 aromatic heterocycles. The molecular formula is C14H22N2O. The zero-order valence-corrected chi connectivity index (χ0v) is 10.6. The lowest BCUT2D eigenvalue weighted by atomic mass is 9.92. The number of phenolic OH excluding ortho intramolecular Hbond substituents is 1. The molecule has 3 heteroatoms. The first-order valence-corrected chi connectivity index (χ1v) is 6.36. The van der Waals surface area contributed by atoms with Crippen molar-refractivity contribution >= 4 is 0 Å². The Morgan fingerprint density at radius 1 is 1.35 bits per heavy atom. The summed E-state index contributed by atoms with van der Waals surface area (Å²) in [5.74, 6) is 0.947. The third kappa shape index (κ3) is 2.79. The molecule has 0 amide bonds. The average Bonchev–Trinajstić information content (AvgIpc) is 2.33. The van der Waals surface area contributed by atoms with Gasteiger partial charge in [0.15, 0.2) is 0 Å². The van der Waals surface area contributed by atoms with Crippen molar-refractivity contribution < 1.29 is 5.11 Å². The molecule has 1 fully saturated rings. The molecule has 3 nitrogen and oxygen atoms in total. The van der Waals surface area contributed by atoms with Crippen LogP contribution in [0.1, 0.15) is 31.9 Å². The maximum atomic E-state index is 9.29. The van der Waals surface area contributed by atoms with Crippen LogP contribution in [-0.2, 0) is 0 Å². The molecule has 3 atom stereocenters. The van der Waals surface area contributed by atoms with Crippen LogP contribution in [0.25, 0.3) is 0 Å². The fourth-order valence-corrected chi connectivity index (χ4v) is 2.44. The molecule has 0 saturated carbocycles. The largest absolute Gasteiger partial charge is 0.508 e. The van der Waals surface area contributed by atoms with E-state index in [1.807, 2.05) is 12.1 Å².